The highest BCUT2D eigenvalue weighted by Crippen LogP contribution is 2.12. The van der Waals surface area contributed by atoms with Crippen LogP contribution in [-0.2, 0) is 15.9 Å². The van der Waals surface area contributed by atoms with E-state index < -0.39 is 0 Å². The minimum atomic E-state index is 0.587. The summed E-state index contributed by atoms with van der Waals surface area (Å²) in [5.74, 6) is 1.48. The molecule has 1 unspecified atom stereocenters. The van der Waals surface area contributed by atoms with E-state index in [9.17, 15) is 0 Å². The van der Waals surface area contributed by atoms with E-state index >= 15 is 0 Å². The summed E-state index contributed by atoms with van der Waals surface area (Å²) in [5, 5.41) is 6.70. The fourth-order valence-corrected chi connectivity index (χ4v) is 2.86. The van der Waals surface area contributed by atoms with Crippen LogP contribution in [0.1, 0.15) is 30.9 Å². The summed E-state index contributed by atoms with van der Waals surface area (Å²) in [6.07, 6.45) is 3.08. The second-order valence-corrected chi connectivity index (χ2v) is 6.58. The van der Waals surface area contributed by atoms with Gasteiger partial charge in [0, 0.05) is 38.8 Å². The minimum Gasteiger partial charge on any atom is -0.381 e. The van der Waals surface area contributed by atoms with Gasteiger partial charge in [-0.2, -0.15) is 0 Å². The fraction of sp³-hybridized carbons (Fsp3) is 0.650. The van der Waals surface area contributed by atoms with Crippen molar-refractivity contribution in [1.29, 1.82) is 0 Å². The molecule has 1 fully saturated rings. The van der Waals surface area contributed by atoms with Crippen LogP contribution in [0.25, 0.3) is 0 Å². The largest absolute Gasteiger partial charge is 0.381 e. The SMILES string of the molecule is CCNC(=NCCCOCC1CCOC1)NCCc1cccc(C)c1. The van der Waals surface area contributed by atoms with Crippen LogP contribution in [0.2, 0.25) is 0 Å². The van der Waals surface area contributed by atoms with Gasteiger partial charge in [-0.25, -0.2) is 0 Å². The molecule has 5 heteroatoms. The molecular formula is C20H33N3O2. The molecule has 140 valence electrons. The van der Waals surface area contributed by atoms with Gasteiger partial charge in [0.05, 0.1) is 13.2 Å². The summed E-state index contributed by atoms with van der Waals surface area (Å²) in [7, 11) is 0. The van der Waals surface area contributed by atoms with Gasteiger partial charge in [-0.1, -0.05) is 29.8 Å². The Kier molecular flexibility index (Phi) is 9.37. The molecule has 1 saturated heterocycles. The lowest BCUT2D eigenvalue weighted by Gasteiger charge is -2.12. The molecule has 0 bridgehead atoms. The van der Waals surface area contributed by atoms with Crippen LogP contribution in [0.5, 0.6) is 0 Å². The molecule has 0 radical (unpaired) electrons. The number of hydrogen-bond acceptors (Lipinski definition) is 3. The Morgan fingerprint density at radius 1 is 1.36 bits per heavy atom. The summed E-state index contributed by atoms with van der Waals surface area (Å²) >= 11 is 0. The first kappa shape index (κ1) is 19.7. The lowest BCUT2D eigenvalue weighted by molar-refractivity contribution is 0.0893. The first-order valence-electron chi connectivity index (χ1n) is 9.51. The Morgan fingerprint density at radius 2 is 2.28 bits per heavy atom. The zero-order valence-electron chi connectivity index (χ0n) is 15.7. The standard InChI is InChI=1S/C20H33N3O2/c1-3-21-20(23-11-8-18-7-4-6-17(2)14-18)22-10-5-12-24-15-19-9-13-25-16-19/h4,6-7,14,19H,3,5,8-13,15-16H2,1-2H3,(H2,21,22,23). The van der Waals surface area contributed by atoms with E-state index in [-0.39, 0.29) is 0 Å². The van der Waals surface area contributed by atoms with Crippen LogP contribution < -0.4 is 10.6 Å². The van der Waals surface area contributed by atoms with E-state index in [1.165, 1.54) is 11.1 Å². The number of ether oxygens (including phenoxy) is 2. The van der Waals surface area contributed by atoms with Crippen LogP contribution in [0, 0.1) is 12.8 Å². The van der Waals surface area contributed by atoms with E-state index in [4.69, 9.17) is 9.47 Å². The summed E-state index contributed by atoms with van der Waals surface area (Å²) < 4.78 is 11.1. The third-order valence-electron chi connectivity index (χ3n) is 4.23. The number of rotatable bonds is 10. The second-order valence-electron chi connectivity index (χ2n) is 6.58. The van der Waals surface area contributed by atoms with Crippen LogP contribution in [0.3, 0.4) is 0 Å². The Bertz CT molecular complexity index is 513. The van der Waals surface area contributed by atoms with Crippen LogP contribution in [0.4, 0.5) is 0 Å². The smallest absolute Gasteiger partial charge is 0.191 e. The van der Waals surface area contributed by atoms with Gasteiger partial charge in [0.15, 0.2) is 5.96 Å². The van der Waals surface area contributed by atoms with Gasteiger partial charge in [0.2, 0.25) is 0 Å². The maximum Gasteiger partial charge on any atom is 0.191 e. The van der Waals surface area contributed by atoms with E-state index in [0.29, 0.717) is 5.92 Å². The quantitative estimate of drug-likeness (QED) is 0.388. The zero-order valence-corrected chi connectivity index (χ0v) is 15.7. The lowest BCUT2D eigenvalue weighted by atomic mass is 10.1. The molecule has 0 saturated carbocycles. The Hall–Kier alpha value is -1.59. The number of nitrogens with zero attached hydrogens (tertiary/aromatic N) is 1. The van der Waals surface area contributed by atoms with Crippen molar-refractivity contribution in [3.63, 3.8) is 0 Å². The van der Waals surface area contributed by atoms with E-state index in [2.05, 4.69) is 53.7 Å². The van der Waals surface area contributed by atoms with Crippen molar-refractivity contribution in [2.24, 2.45) is 10.9 Å². The van der Waals surface area contributed by atoms with Gasteiger partial charge >= 0.3 is 0 Å². The summed E-state index contributed by atoms with van der Waals surface area (Å²) in [4.78, 5) is 4.62. The Labute approximate surface area is 152 Å². The number of hydrogen-bond donors (Lipinski definition) is 2. The lowest BCUT2D eigenvalue weighted by Crippen LogP contribution is -2.38. The van der Waals surface area contributed by atoms with Crippen LogP contribution >= 0.6 is 0 Å². The molecule has 0 amide bonds. The average molecular weight is 348 g/mol. The molecule has 1 aromatic rings. The van der Waals surface area contributed by atoms with E-state index in [1.54, 1.807) is 0 Å². The van der Waals surface area contributed by atoms with E-state index in [1.807, 2.05) is 0 Å². The molecule has 1 aromatic carbocycles. The maximum atomic E-state index is 5.72. The van der Waals surface area contributed by atoms with Crippen molar-refractivity contribution < 1.29 is 9.47 Å². The summed E-state index contributed by atoms with van der Waals surface area (Å²) in [6.45, 7) is 10.1. The number of nitrogens with one attached hydrogen (secondary N) is 2. The Balaban J connectivity index is 1.60. The first-order chi connectivity index (χ1) is 12.3. The fourth-order valence-electron chi connectivity index (χ4n) is 2.86. The number of guanidine groups is 1. The van der Waals surface area contributed by atoms with Crippen molar-refractivity contribution in [1.82, 2.24) is 10.6 Å². The van der Waals surface area contributed by atoms with Crippen molar-refractivity contribution in [3.8, 4) is 0 Å². The van der Waals surface area contributed by atoms with Gasteiger partial charge in [-0.3, -0.25) is 4.99 Å². The molecule has 25 heavy (non-hydrogen) atoms. The second kappa shape index (κ2) is 11.9. The molecular weight excluding hydrogens is 314 g/mol. The minimum absolute atomic E-state index is 0.587. The molecule has 5 nitrogen and oxygen atoms in total. The zero-order chi connectivity index (χ0) is 17.7. The highest BCUT2D eigenvalue weighted by atomic mass is 16.5. The highest BCUT2D eigenvalue weighted by Gasteiger charge is 2.15. The normalized spacial score (nSPS) is 17.7. The van der Waals surface area contributed by atoms with Gasteiger partial charge in [0.25, 0.3) is 0 Å². The van der Waals surface area contributed by atoms with Crippen LogP contribution in [-0.4, -0.2) is 52.0 Å². The predicted molar refractivity (Wildman–Crippen MR) is 103 cm³/mol. The molecule has 1 aliphatic rings. The number of aliphatic imine (C=N–C) groups is 1. The average Bonchev–Trinajstić information content (AvgIpc) is 3.11. The molecule has 1 heterocycles. The highest BCUT2D eigenvalue weighted by molar-refractivity contribution is 5.79. The predicted octanol–water partition coefficient (Wildman–Crippen LogP) is 2.54. The molecule has 0 aromatic heterocycles. The van der Waals surface area contributed by atoms with Gasteiger partial charge in [-0.05, 0) is 38.7 Å². The van der Waals surface area contributed by atoms with Crippen molar-refractivity contribution >= 4 is 5.96 Å². The van der Waals surface area contributed by atoms with Crippen molar-refractivity contribution in [2.75, 3.05) is 46.1 Å². The van der Waals surface area contributed by atoms with Gasteiger partial charge in [0.1, 0.15) is 0 Å². The molecule has 1 aliphatic heterocycles. The monoisotopic (exact) mass is 347 g/mol. The number of benzene rings is 1. The molecule has 2 N–H and O–H groups in total. The molecule has 0 aliphatic carbocycles. The molecule has 1 atom stereocenters. The molecule has 0 spiro atoms. The third kappa shape index (κ3) is 8.36. The maximum absolute atomic E-state index is 5.72. The Morgan fingerprint density at radius 3 is 3.04 bits per heavy atom. The summed E-state index contributed by atoms with van der Waals surface area (Å²) in [5.41, 5.74) is 2.66. The first-order valence-corrected chi connectivity index (χ1v) is 9.51. The number of aryl methyl sites for hydroxylation is 1. The van der Waals surface area contributed by atoms with Crippen LogP contribution in [0.15, 0.2) is 29.3 Å². The molecule has 2 rings (SSSR count). The van der Waals surface area contributed by atoms with Gasteiger partial charge in [-0.15, -0.1) is 0 Å². The van der Waals surface area contributed by atoms with Crippen molar-refractivity contribution in [2.45, 2.75) is 33.1 Å². The van der Waals surface area contributed by atoms with Gasteiger partial charge < -0.3 is 20.1 Å². The topological polar surface area (TPSA) is 54.9 Å². The van der Waals surface area contributed by atoms with E-state index in [0.717, 1.165) is 71.3 Å². The third-order valence-corrected chi connectivity index (χ3v) is 4.23. The van der Waals surface area contributed by atoms with Crippen molar-refractivity contribution in [3.05, 3.63) is 35.4 Å². The summed E-state index contributed by atoms with van der Waals surface area (Å²) in [6, 6.07) is 8.65.